The van der Waals surface area contributed by atoms with E-state index in [4.69, 9.17) is 10.2 Å². The third-order valence-electron chi connectivity index (χ3n) is 2.55. The zero-order valence-corrected chi connectivity index (χ0v) is 10.2. The van der Waals surface area contributed by atoms with Crippen molar-refractivity contribution in [2.75, 3.05) is 12.0 Å². The van der Waals surface area contributed by atoms with Crippen molar-refractivity contribution in [3.63, 3.8) is 0 Å². The summed E-state index contributed by atoms with van der Waals surface area (Å²) in [7, 11) is 0. The van der Waals surface area contributed by atoms with Gasteiger partial charge < -0.3 is 25.4 Å². The summed E-state index contributed by atoms with van der Waals surface area (Å²) in [5.41, 5.74) is 3.54. The molecule has 20 heavy (non-hydrogen) atoms. The van der Waals surface area contributed by atoms with E-state index in [1.807, 2.05) is 0 Å². The summed E-state index contributed by atoms with van der Waals surface area (Å²) in [6.45, 7) is -0.666. The quantitative estimate of drug-likeness (QED) is 0.258. The molecule has 0 saturated heterocycles. The topological polar surface area (TPSA) is 160 Å². The minimum absolute atomic E-state index is 0.341. The molecule has 0 aliphatic rings. The first kappa shape index (κ1) is 14.3. The fourth-order valence-electron chi connectivity index (χ4n) is 1.45. The summed E-state index contributed by atoms with van der Waals surface area (Å²) in [6.07, 6.45) is -0.707. The number of hydrazone groups is 1. The second-order valence-electron chi connectivity index (χ2n) is 3.94. The zero-order chi connectivity index (χ0) is 14.5. The lowest BCUT2D eigenvalue weighted by Crippen LogP contribution is -2.40. The van der Waals surface area contributed by atoms with Crippen LogP contribution in [0.3, 0.4) is 0 Å². The molecule has 10 heteroatoms. The molecule has 2 aromatic heterocycles. The smallest absolute Gasteiger partial charge is 0.182 e. The molecule has 0 aliphatic carbocycles. The van der Waals surface area contributed by atoms with Gasteiger partial charge in [-0.05, 0) is 0 Å². The van der Waals surface area contributed by atoms with E-state index in [9.17, 15) is 10.2 Å². The van der Waals surface area contributed by atoms with Crippen LogP contribution in [0.15, 0.2) is 17.8 Å². The van der Waals surface area contributed by atoms with Gasteiger partial charge in [0, 0.05) is 0 Å². The fourth-order valence-corrected chi connectivity index (χ4v) is 1.45. The van der Waals surface area contributed by atoms with Gasteiger partial charge in [0.2, 0.25) is 0 Å². The number of fused-ring (bicyclic) bond motifs is 1. The molecule has 2 rings (SSSR count). The van der Waals surface area contributed by atoms with E-state index in [-0.39, 0.29) is 0 Å². The van der Waals surface area contributed by atoms with E-state index in [1.165, 1.54) is 12.7 Å². The van der Waals surface area contributed by atoms with Crippen LogP contribution in [0.4, 0.5) is 5.82 Å². The molecule has 0 radical (unpaired) electrons. The van der Waals surface area contributed by atoms with Crippen molar-refractivity contribution < 1.29 is 20.4 Å². The highest BCUT2D eigenvalue weighted by Crippen LogP contribution is 2.13. The van der Waals surface area contributed by atoms with E-state index in [0.717, 1.165) is 6.21 Å². The van der Waals surface area contributed by atoms with Gasteiger partial charge in [0.15, 0.2) is 11.5 Å². The predicted molar refractivity (Wildman–Crippen MR) is 68.9 cm³/mol. The third-order valence-corrected chi connectivity index (χ3v) is 2.55. The number of H-pyrrole nitrogens is 1. The average Bonchev–Trinajstić information content (AvgIpc) is 2.94. The molecule has 0 fully saturated rings. The van der Waals surface area contributed by atoms with Gasteiger partial charge in [0.25, 0.3) is 0 Å². The van der Waals surface area contributed by atoms with Crippen molar-refractivity contribution in [3.05, 3.63) is 12.7 Å². The zero-order valence-electron chi connectivity index (χ0n) is 10.2. The Morgan fingerprint density at radius 2 is 2.10 bits per heavy atom. The Bertz CT molecular complexity index is 588. The molecule has 2 aromatic rings. The molecule has 0 spiro atoms. The van der Waals surface area contributed by atoms with E-state index in [2.05, 4.69) is 30.5 Å². The summed E-state index contributed by atoms with van der Waals surface area (Å²) < 4.78 is 0. The van der Waals surface area contributed by atoms with Gasteiger partial charge in [-0.2, -0.15) is 5.10 Å². The van der Waals surface area contributed by atoms with Crippen LogP contribution in [0, 0.1) is 0 Å². The first-order valence-corrected chi connectivity index (χ1v) is 5.71. The number of nitrogens with one attached hydrogen (secondary N) is 2. The summed E-state index contributed by atoms with van der Waals surface area (Å²) in [4.78, 5) is 14.6. The SMILES string of the molecule is OCC(O)C(O)C(O)C=NNc1ncnc2nc[nH]c12. The lowest BCUT2D eigenvalue weighted by atomic mass is 10.1. The van der Waals surface area contributed by atoms with E-state index >= 15 is 0 Å². The van der Waals surface area contributed by atoms with Crippen molar-refractivity contribution in [1.82, 2.24) is 19.9 Å². The number of anilines is 1. The van der Waals surface area contributed by atoms with E-state index in [0.29, 0.717) is 17.0 Å². The predicted octanol–water partition coefficient (Wildman–Crippen LogP) is -2.17. The van der Waals surface area contributed by atoms with E-state index < -0.39 is 24.9 Å². The van der Waals surface area contributed by atoms with Crippen LogP contribution in [-0.2, 0) is 0 Å². The highest BCUT2D eigenvalue weighted by molar-refractivity contribution is 5.82. The Morgan fingerprint density at radius 3 is 2.85 bits per heavy atom. The van der Waals surface area contributed by atoms with Gasteiger partial charge in [-0.25, -0.2) is 15.0 Å². The molecular weight excluding hydrogens is 268 g/mol. The molecule has 3 atom stereocenters. The number of aliphatic hydroxyl groups excluding tert-OH is 4. The molecule has 0 saturated carbocycles. The summed E-state index contributed by atoms with van der Waals surface area (Å²) in [5, 5.41) is 40.4. The highest BCUT2D eigenvalue weighted by atomic mass is 16.4. The minimum atomic E-state index is -1.54. The molecule has 3 unspecified atom stereocenters. The lowest BCUT2D eigenvalue weighted by molar-refractivity contribution is -0.0541. The van der Waals surface area contributed by atoms with Crippen LogP contribution in [0.1, 0.15) is 0 Å². The van der Waals surface area contributed by atoms with Crippen molar-refractivity contribution in [1.29, 1.82) is 0 Å². The van der Waals surface area contributed by atoms with Crippen molar-refractivity contribution >= 4 is 23.2 Å². The molecule has 0 aliphatic heterocycles. The fraction of sp³-hybridized carbons (Fsp3) is 0.400. The normalized spacial score (nSPS) is 16.4. The van der Waals surface area contributed by atoms with Crippen LogP contribution in [0.25, 0.3) is 11.2 Å². The maximum atomic E-state index is 9.51. The Hall–Kier alpha value is -2.14. The largest absolute Gasteiger partial charge is 0.394 e. The van der Waals surface area contributed by atoms with E-state index in [1.54, 1.807) is 0 Å². The number of hydrogen-bond donors (Lipinski definition) is 6. The Balaban J connectivity index is 2.01. The standard InChI is InChI=1S/C10H14N6O4/c17-2-6(19)8(20)5(18)1-15-16-10-7-9(12-3-11-7)13-4-14-10/h1,3-6,8,17-20H,2H2,(H2,11,12,13,14,16). The van der Waals surface area contributed by atoms with Crippen molar-refractivity contribution in [3.8, 4) is 0 Å². The van der Waals surface area contributed by atoms with Crippen LogP contribution in [0.2, 0.25) is 0 Å². The van der Waals surface area contributed by atoms with Crippen LogP contribution in [0.5, 0.6) is 0 Å². The lowest BCUT2D eigenvalue weighted by Gasteiger charge is -2.17. The maximum Gasteiger partial charge on any atom is 0.182 e. The summed E-state index contributed by atoms with van der Waals surface area (Å²) >= 11 is 0. The van der Waals surface area contributed by atoms with Crippen LogP contribution < -0.4 is 5.43 Å². The monoisotopic (exact) mass is 282 g/mol. The number of rotatable bonds is 6. The van der Waals surface area contributed by atoms with Gasteiger partial charge in [-0.3, -0.25) is 5.43 Å². The van der Waals surface area contributed by atoms with Gasteiger partial charge in [0.1, 0.15) is 30.2 Å². The van der Waals surface area contributed by atoms with Gasteiger partial charge in [-0.1, -0.05) is 0 Å². The Kier molecular flexibility index (Phi) is 4.53. The number of aromatic nitrogens is 4. The van der Waals surface area contributed by atoms with Crippen molar-refractivity contribution in [2.24, 2.45) is 5.10 Å². The number of aromatic amines is 1. The molecule has 0 amide bonds. The van der Waals surface area contributed by atoms with Gasteiger partial charge in [0.05, 0.1) is 19.1 Å². The van der Waals surface area contributed by atoms with Crippen LogP contribution in [-0.4, -0.2) is 71.5 Å². The van der Waals surface area contributed by atoms with Gasteiger partial charge >= 0.3 is 0 Å². The summed E-state index contributed by atoms with van der Waals surface area (Å²) in [6, 6.07) is 0. The first-order valence-electron chi connectivity index (χ1n) is 5.71. The number of nitrogens with zero attached hydrogens (tertiary/aromatic N) is 4. The number of hydrogen-bond acceptors (Lipinski definition) is 9. The maximum absolute atomic E-state index is 9.51. The molecular formula is C10H14N6O4. The molecule has 108 valence electrons. The third kappa shape index (κ3) is 3.05. The summed E-state index contributed by atoms with van der Waals surface area (Å²) in [5.74, 6) is 0.341. The second-order valence-corrected chi connectivity index (χ2v) is 3.94. The molecule has 2 heterocycles. The number of aliphatic hydroxyl groups is 4. The van der Waals surface area contributed by atoms with Crippen LogP contribution >= 0.6 is 0 Å². The molecule has 0 bridgehead atoms. The minimum Gasteiger partial charge on any atom is -0.394 e. The highest BCUT2D eigenvalue weighted by Gasteiger charge is 2.22. The Morgan fingerprint density at radius 1 is 1.30 bits per heavy atom. The Labute approximate surface area is 112 Å². The molecule has 6 N–H and O–H groups in total. The van der Waals surface area contributed by atoms with Crippen molar-refractivity contribution in [2.45, 2.75) is 18.3 Å². The number of imidazole rings is 1. The average molecular weight is 282 g/mol. The first-order chi connectivity index (χ1) is 9.63. The van der Waals surface area contributed by atoms with Gasteiger partial charge in [-0.15, -0.1) is 0 Å². The molecule has 10 nitrogen and oxygen atoms in total. The second kappa shape index (κ2) is 6.34. The molecule has 0 aromatic carbocycles.